The molecule has 0 atom stereocenters. The molecule has 0 spiro atoms. The predicted molar refractivity (Wildman–Crippen MR) is 414 cm³/mol. The third-order valence-corrected chi connectivity index (χ3v) is 25.5. The van der Waals surface area contributed by atoms with E-state index in [1.807, 2.05) is 33.4 Å². The maximum Gasteiger partial charge on any atom is 0.190 e. The van der Waals surface area contributed by atoms with E-state index in [0.717, 1.165) is 75.7 Å². The van der Waals surface area contributed by atoms with Crippen molar-refractivity contribution in [3.8, 4) is 22.3 Å². The summed E-state index contributed by atoms with van der Waals surface area (Å²) in [6.45, 7) is 33.4. The monoisotopic (exact) mass is 1520 g/mol. The van der Waals surface area contributed by atoms with Crippen LogP contribution in [0.25, 0.3) is 33.5 Å². The number of aldehydes is 1. The van der Waals surface area contributed by atoms with Crippen molar-refractivity contribution in [1.82, 2.24) is 39.2 Å². The summed E-state index contributed by atoms with van der Waals surface area (Å²) >= 11 is 0. The van der Waals surface area contributed by atoms with Gasteiger partial charge < -0.3 is 71.7 Å². The molecule has 30 heteroatoms. The quantitative estimate of drug-likeness (QED) is 0.0161. The third kappa shape index (κ3) is 26.4. The molecule has 6 heterocycles. The van der Waals surface area contributed by atoms with E-state index in [2.05, 4.69) is 110 Å². The van der Waals surface area contributed by atoms with Crippen LogP contribution < -0.4 is 9.80 Å². The standard InChI is InChI=1S/C37H61N5O8Si2.C37H59N5O8Si2/c2*1-45-15-16-50-37(34(44)25-49-28-46-2)13-11-29(12-14-37)33-21-35(41(26-47-17-19-51(3,4)5)27-48-18-20-52(6,7)8)42-36(40-33)32(23-39-42)30-9-10-31(24-43)38-22-30/h9-10,21-23,29,43H,11-20,24-28H2,1-8H3;9-10,21-24,29H,11-20,25-28H2,1-8H3. The first kappa shape index (κ1) is 85.7. The van der Waals surface area contributed by atoms with Crippen LogP contribution >= 0.6 is 0 Å². The summed E-state index contributed by atoms with van der Waals surface area (Å²) in [5.74, 6) is 1.57. The molecule has 0 bridgehead atoms. The van der Waals surface area contributed by atoms with Gasteiger partial charge in [-0.25, -0.2) is 9.97 Å². The van der Waals surface area contributed by atoms with Gasteiger partial charge in [0.2, 0.25) is 0 Å². The van der Waals surface area contributed by atoms with Crippen LogP contribution in [0.15, 0.2) is 61.2 Å². The molecular weight excluding hydrogens is 1400 g/mol. The van der Waals surface area contributed by atoms with Crippen molar-refractivity contribution in [3.63, 3.8) is 0 Å². The number of anilines is 2. The summed E-state index contributed by atoms with van der Waals surface area (Å²) in [7, 11) is 1.12. The second-order valence-corrected chi connectivity index (χ2v) is 54.5. The highest BCUT2D eigenvalue weighted by Gasteiger charge is 2.45. The summed E-state index contributed by atoms with van der Waals surface area (Å²) in [6.07, 6.45) is 12.6. The summed E-state index contributed by atoms with van der Waals surface area (Å²) in [5.41, 5.74) is 5.46. The van der Waals surface area contributed by atoms with E-state index in [1.165, 1.54) is 14.2 Å². The molecule has 6 aromatic rings. The Morgan fingerprint density at radius 2 is 0.875 bits per heavy atom. The first-order valence-corrected chi connectivity index (χ1v) is 51.4. The second-order valence-electron chi connectivity index (χ2n) is 32.0. The zero-order valence-electron chi connectivity index (χ0n) is 65.1. The van der Waals surface area contributed by atoms with Crippen molar-refractivity contribution in [3.05, 3.63) is 84.0 Å². The lowest BCUT2D eigenvalue weighted by atomic mass is 9.75. The van der Waals surface area contributed by atoms with E-state index in [0.29, 0.717) is 154 Å². The van der Waals surface area contributed by atoms with Gasteiger partial charge in [0.25, 0.3) is 0 Å². The Bertz CT molecular complexity index is 3520. The third-order valence-electron chi connectivity index (χ3n) is 18.7. The number of Topliss-reactive ketones (excluding diaryl/α,β-unsaturated/α-hetero) is 2. The van der Waals surface area contributed by atoms with Crippen molar-refractivity contribution in [2.24, 2.45) is 0 Å². The van der Waals surface area contributed by atoms with E-state index in [-0.39, 0.29) is 56.8 Å². The lowest BCUT2D eigenvalue weighted by Gasteiger charge is -2.39. The molecule has 1 N–H and O–H groups in total. The van der Waals surface area contributed by atoms with Crippen molar-refractivity contribution < 1.29 is 76.3 Å². The summed E-state index contributed by atoms with van der Waals surface area (Å²) in [4.78, 5) is 61.8. The van der Waals surface area contributed by atoms with Crippen LogP contribution in [-0.2, 0) is 73.0 Å². The normalized spacial score (nSPS) is 18.2. The van der Waals surface area contributed by atoms with Crippen molar-refractivity contribution >= 4 is 73.1 Å². The van der Waals surface area contributed by atoms with Crippen LogP contribution in [0.5, 0.6) is 0 Å². The van der Waals surface area contributed by atoms with E-state index < -0.39 is 43.5 Å². The molecule has 2 aliphatic rings. The van der Waals surface area contributed by atoms with Crippen LogP contribution in [0, 0.1) is 0 Å². The highest BCUT2D eigenvalue weighted by molar-refractivity contribution is 6.77. The molecule has 26 nitrogen and oxygen atoms in total. The maximum absolute atomic E-state index is 13.5. The molecule has 6 aromatic heterocycles. The lowest BCUT2D eigenvalue weighted by Crippen LogP contribution is -2.47. The number of aliphatic hydroxyl groups excluding tert-OH is 1. The van der Waals surface area contributed by atoms with Crippen molar-refractivity contribution in [2.45, 2.75) is 184 Å². The first-order valence-electron chi connectivity index (χ1n) is 36.6. The van der Waals surface area contributed by atoms with Gasteiger partial charge in [0.05, 0.1) is 51.1 Å². The summed E-state index contributed by atoms with van der Waals surface area (Å²) < 4.78 is 72.9. The number of ketones is 2. The number of carbonyl (C=O) groups excluding carboxylic acids is 3. The number of fused-ring (bicyclic) bond motifs is 2. The molecule has 0 amide bonds. The highest BCUT2D eigenvalue weighted by atomic mass is 28.3. The fourth-order valence-electron chi connectivity index (χ4n) is 12.2. The number of aromatic nitrogens is 8. The summed E-state index contributed by atoms with van der Waals surface area (Å²) in [6, 6.07) is 15.7. The Kier molecular flexibility index (Phi) is 33.9. The minimum Gasteiger partial charge on any atom is -0.390 e. The van der Waals surface area contributed by atoms with Gasteiger partial charge in [-0.15, -0.1) is 0 Å². The van der Waals surface area contributed by atoms with Gasteiger partial charge in [0.1, 0.15) is 82.3 Å². The molecular formula is C74H120N10O16Si4. The number of hydrogen-bond acceptors (Lipinski definition) is 24. The van der Waals surface area contributed by atoms with Crippen LogP contribution in [0.2, 0.25) is 103 Å². The van der Waals surface area contributed by atoms with E-state index >= 15 is 0 Å². The fraction of sp³-hybridized carbons (Fsp3) is 0.662. The Morgan fingerprint density at radius 3 is 1.18 bits per heavy atom. The van der Waals surface area contributed by atoms with E-state index in [9.17, 15) is 19.5 Å². The number of nitrogens with zero attached hydrogens (tertiary/aromatic N) is 10. The average Bonchev–Trinajstić information content (AvgIpc) is 1.55. The number of methoxy groups -OCH3 is 4. The zero-order valence-corrected chi connectivity index (χ0v) is 69.1. The van der Waals surface area contributed by atoms with Gasteiger partial charge in [-0.05, 0) is 87.7 Å². The molecule has 0 radical (unpaired) electrons. The number of pyridine rings is 2. The van der Waals surface area contributed by atoms with Gasteiger partial charge in [-0.2, -0.15) is 19.2 Å². The lowest BCUT2D eigenvalue weighted by molar-refractivity contribution is -0.160. The minimum atomic E-state index is -1.30. The molecule has 0 saturated heterocycles. The number of aliphatic hydroxyl groups is 1. The molecule has 2 fully saturated rings. The van der Waals surface area contributed by atoms with Gasteiger partial charge in [0.15, 0.2) is 29.1 Å². The fourth-order valence-corrected chi connectivity index (χ4v) is 15.2. The first-order chi connectivity index (χ1) is 49.6. The molecule has 2 saturated carbocycles. The summed E-state index contributed by atoms with van der Waals surface area (Å²) in [5, 5.41) is 19.3. The van der Waals surface area contributed by atoms with Crippen molar-refractivity contribution in [1.29, 1.82) is 0 Å². The second kappa shape index (κ2) is 41.2. The Morgan fingerprint density at radius 1 is 0.500 bits per heavy atom. The molecule has 0 aliphatic heterocycles. The zero-order chi connectivity index (χ0) is 75.6. The number of ether oxygens (including phenoxy) is 12. The number of rotatable bonds is 46. The van der Waals surface area contributed by atoms with Crippen LogP contribution in [0.1, 0.15) is 90.8 Å². The average molecular weight is 1520 g/mol. The maximum atomic E-state index is 13.5. The smallest absolute Gasteiger partial charge is 0.190 e. The van der Waals surface area contributed by atoms with Gasteiger partial charge in [-0.3, -0.25) is 24.4 Å². The predicted octanol–water partition coefficient (Wildman–Crippen LogP) is 12.2. The Labute approximate surface area is 620 Å². The van der Waals surface area contributed by atoms with Gasteiger partial charge >= 0.3 is 0 Å². The topological polar surface area (TPSA) is 275 Å². The van der Waals surface area contributed by atoms with Crippen molar-refractivity contribution in [2.75, 3.05) is 145 Å². The largest absolute Gasteiger partial charge is 0.390 e. The molecule has 104 heavy (non-hydrogen) atoms. The number of carbonyl (C=O) groups is 3. The number of hydrogen-bond donors (Lipinski definition) is 1. The molecule has 0 unspecified atom stereocenters. The SMILES string of the molecule is COCCOC1(C(=O)COCOC)CCC(c2cc(N(COCC[Si](C)(C)C)COCC[Si](C)(C)C)n3ncc(-c4ccc(C=O)nc4)c3n2)CC1.COCCOC1(C(=O)COCOC)CCC(c2cc(N(COCC[Si](C)(C)C)COCC[Si](C)(C)C)n3ncc(-c4ccc(CO)nc4)c3n2)CC1. The highest BCUT2D eigenvalue weighted by Crippen LogP contribution is 2.44. The van der Waals surface area contributed by atoms with Crippen LogP contribution in [0.3, 0.4) is 0 Å². The van der Waals surface area contributed by atoms with Crippen LogP contribution in [-0.4, -0.2) is 241 Å². The Balaban J connectivity index is 0.000000291. The molecule has 2 aliphatic carbocycles. The van der Waals surface area contributed by atoms with E-state index in [4.69, 9.17) is 77.0 Å². The molecule has 0 aromatic carbocycles. The van der Waals surface area contributed by atoms with Crippen LogP contribution in [0.4, 0.5) is 11.6 Å². The van der Waals surface area contributed by atoms with Gasteiger partial charge in [-0.1, -0.05) is 90.7 Å². The van der Waals surface area contributed by atoms with E-state index in [1.54, 1.807) is 38.9 Å². The van der Waals surface area contributed by atoms with Gasteiger partial charge in [0, 0.05) is 157 Å². The minimum absolute atomic E-state index is 0.0382. The molecule has 8 rings (SSSR count). The Hall–Kier alpha value is -5.50. The molecule has 578 valence electrons.